The second-order valence-corrected chi connectivity index (χ2v) is 13.6. The number of fused-ring (bicyclic) bond motifs is 3. The van der Waals surface area contributed by atoms with E-state index >= 15 is 0 Å². The predicted molar refractivity (Wildman–Crippen MR) is 220 cm³/mol. The van der Waals surface area contributed by atoms with Crippen molar-refractivity contribution in [3.05, 3.63) is 206 Å². The second kappa shape index (κ2) is 13.5. The van der Waals surface area contributed by atoms with Crippen LogP contribution in [-0.4, -0.2) is 0 Å². The lowest BCUT2D eigenvalue weighted by Crippen LogP contribution is -2.09. The molecular formula is C48H34N2S. The third-order valence-electron chi connectivity index (χ3n) is 9.45. The van der Waals surface area contributed by atoms with E-state index in [1.165, 1.54) is 42.4 Å². The zero-order valence-electron chi connectivity index (χ0n) is 27.9. The number of thiophene rings is 1. The summed E-state index contributed by atoms with van der Waals surface area (Å²) in [5, 5.41) is 2.59. The molecule has 0 radical (unpaired) electrons. The van der Waals surface area contributed by atoms with Crippen LogP contribution in [0.5, 0.6) is 0 Å². The van der Waals surface area contributed by atoms with E-state index in [1.807, 2.05) is 11.3 Å². The molecule has 0 N–H and O–H groups in total. The highest BCUT2D eigenvalue weighted by Crippen LogP contribution is 2.45. The zero-order valence-corrected chi connectivity index (χ0v) is 28.7. The molecule has 0 amide bonds. The summed E-state index contributed by atoms with van der Waals surface area (Å²) in [6, 6.07) is 73.7. The molecule has 1 aromatic heterocycles. The molecule has 3 heteroatoms. The monoisotopic (exact) mass is 670 g/mol. The molecule has 0 fully saturated rings. The van der Waals surface area contributed by atoms with Crippen LogP contribution in [0.4, 0.5) is 34.1 Å². The van der Waals surface area contributed by atoms with Crippen LogP contribution in [0.15, 0.2) is 206 Å². The van der Waals surface area contributed by atoms with Gasteiger partial charge in [-0.1, -0.05) is 133 Å². The Labute approximate surface area is 302 Å². The van der Waals surface area contributed by atoms with E-state index in [0.717, 1.165) is 34.1 Å². The van der Waals surface area contributed by atoms with Crippen molar-refractivity contribution in [1.29, 1.82) is 0 Å². The highest BCUT2D eigenvalue weighted by Gasteiger charge is 2.17. The lowest BCUT2D eigenvalue weighted by molar-refractivity contribution is 1.28. The van der Waals surface area contributed by atoms with Crippen LogP contribution in [0.3, 0.4) is 0 Å². The van der Waals surface area contributed by atoms with Gasteiger partial charge in [-0.15, -0.1) is 11.3 Å². The fourth-order valence-electron chi connectivity index (χ4n) is 7.06. The van der Waals surface area contributed by atoms with E-state index in [9.17, 15) is 0 Å². The Morgan fingerprint density at radius 1 is 0.255 bits per heavy atom. The van der Waals surface area contributed by atoms with Crippen LogP contribution in [0.1, 0.15) is 0 Å². The molecule has 0 unspecified atom stereocenters. The summed E-state index contributed by atoms with van der Waals surface area (Å²) in [4.78, 5) is 4.61. The number of para-hydroxylation sites is 4. The summed E-state index contributed by atoms with van der Waals surface area (Å²) in [6.45, 7) is 0. The summed E-state index contributed by atoms with van der Waals surface area (Å²) in [7, 11) is 0. The summed E-state index contributed by atoms with van der Waals surface area (Å²) in [5.41, 5.74) is 11.7. The van der Waals surface area contributed by atoms with Crippen molar-refractivity contribution in [1.82, 2.24) is 0 Å². The van der Waals surface area contributed by atoms with Gasteiger partial charge in [-0.3, -0.25) is 0 Å². The van der Waals surface area contributed by atoms with Gasteiger partial charge in [-0.05, 0) is 95.1 Å². The summed E-state index contributed by atoms with van der Waals surface area (Å²) >= 11 is 1.89. The van der Waals surface area contributed by atoms with E-state index in [1.54, 1.807) is 0 Å². The average molecular weight is 671 g/mol. The SMILES string of the molecule is c1ccc(N(c2ccccc2)c2ccc(-c3cccc4c3sc3c(-c5ccc(N(c6ccccc6)c6ccccc6)cc5)cccc34)cc2)cc1. The van der Waals surface area contributed by atoms with Gasteiger partial charge in [-0.25, -0.2) is 0 Å². The van der Waals surface area contributed by atoms with E-state index in [0.29, 0.717) is 0 Å². The van der Waals surface area contributed by atoms with Crippen LogP contribution in [0.2, 0.25) is 0 Å². The van der Waals surface area contributed by atoms with Crippen molar-refractivity contribution in [3.8, 4) is 22.3 Å². The molecule has 0 aliphatic heterocycles. The molecule has 0 bridgehead atoms. The minimum atomic E-state index is 1.13. The molecule has 9 aromatic rings. The molecule has 2 nitrogen and oxygen atoms in total. The minimum Gasteiger partial charge on any atom is -0.311 e. The van der Waals surface area contributed by atoms with Gasteiger partial charge in [0.2, 0.25) is 0 Å². The van der Waals surface area contributed by atoms with Gasteiger partial charge < -0.3 is 9.80 Å². The molecule has 0 saturated carbocycles. The first-order valence-corrected chi connectivity index (χ1v) is 18.1. The van der Waals surface area contributed by atoms with Gasteiger partial charge >= 0.3 is 0 Å². The minimum absolute atomic E-state index is 1.13. The first-order chi connectivity index (χ1) is 25.3. The van der Waals surface area contributed by atoms with Crippen LogP contribution in [0.25, 0.3) is 42.4 Å². The van der Waals surface area contributed by atoms with E-state index in [-0.39, 0.29) is 0 Å². The molecule has 1 heterocycles. The smallest absolute Gasteiger partial charge is 0.0462 e. The quantitative estimate of drug-likeness (QED) is 0.159. The Kier molecular flexibility index (Phi) is 8.09. The predicted octanol–water partition coefficient (Wildman–Crippen LogP) is 14.3. The van der Waals surface area contributed by atoms with E-state index < -0.39 is 0 Å². The normalized spacial score (nSPS) is 11.1. The number of rotatable bonds is 8. The highest BCUT2D eigenvalue weighted by atomic mass is 32.1. The van der Waals surface area contributed by atoms with Gasteiger partial charge in [0.05, 0.1) is 0 Å². The zero-order chi connectivity index (χ0) is 34.0. The topological polar surface area (TPSA) is 6.48 Å². The Hall–Kier alpha value is -6.42. The Morgan fingerprint density at radius 2 is 0.549 bits per heavy atom. The van der Waals surface area contributed by atoms with Crippen molar-refractivity contribution in [3.63, 3.8) is 0 Å². The van der Waals surface area contributed by atoms with Gasteiger partial charge in [0.25, 0.3) is 0 Å². The first kappa shape index (κ1) is 30.6. The van der Waals surface area contributed by atoms with Gasteiger partial charge in [-0.2, -0.15) is 0 Å². The molecule has 9 rings (SSSR count). The first-order valence-electron chi connectivity index (χ1n) is 17.3. The third-order valence-corrected chi connectivity index (χ3v) is 10.7. The maximum atomic E-state index is 2.31. The Bertz CT molecular complexity index is 2280. The molecule has 0 atom stereocenters. The fourth-order valence-corrected chi connectivity index (χ4v) is 8.43. The van der Waals surface area contributed by atoms with Crippen LogP contribution in [-0.2, 0) is 0 Å². The van der Waals surface area contributed by atoms with Crippen molar-refractivity contribution in [2.45, 2.75) is 0 Å². The molecular weight excluding hydrogens is 637 g/mol. The number of anilines is 6. The van der Waals surface area contributed by atoms with Gasteiger partial charge in [0.1, 0.15) is 0 Å². The standard InChI is InChI=1S/C48H34N2S/c1-5-15-37(16-6-1)49(38-17-7-2-8-18-38)41-31-27-35(28-32-41)43-23-13-25-45-46-26-14-24-44(48(46)51-47(43)45)36-29-33-42(34-30-36)50(39-19-9-3-10-20-39)40-21-11-4-12-22-40/h1-34H. The van der Waals surface area contributed by atoms with Crippen LogP contribution >= 0.6 is 11.3 Å². The van der Waals surface area contributed by atoms with Crippen molar-refractivity contribution < 1.29 is 0 Å². The number of nitrogens with zero attached hydrogens (tertiary/aromatic N) is 2. The lowest BCUT2D eigenvalue weighted by Gasteiger charge is -2.25. The van der Waals surface area contributed by atoms with Crippen LogP contribution < -0.4 is 9.80 Å². The van der Waals surface area contributed by atoms with Gasteiger partial charge in [0, 0.05) is 54.3 Å². The Balaban J connectivity index is 1.09. The maximum absolute atomic E-state index is 2.31. The average Bonchev–Trinajstić information content (AvgIpc) is 3.60. The van der Waals surface area contributed by atoms with Crippen LogP contribution in [0, 0.1) is 0 Å². The molecule has 51 heavy (non-hydrogen) atoms. The summed E-state index contributed by atoms with van der Waals surface area (Å²) in [5.74, 6) is 0. The molecule has 8 aromatic carbocycles. The van der Waals surface area contributed by atoms with Crippen molar-refractivity contribution >= 4 is 65.6 Å². The fraction of sp³-hybridized carbons (Fsp3) is 0. The van der Waals surface area contributed by atoms with Crippen molar-refractivity contribution in [2.75, 3.05) is 9.80 Å². The third kappa shape index (κ3) is 5.84. The summed E-state index contributed by atoms with van der Waals surface area (Å²) < 4.78 is 2.62. The number of hydrogen-bond donors (Lipinski definition) is 0. The van der Waals surface area contributed by atoms with E-state index in [4.69, 9.17) is 0 Å². The molecule has 0 spiro atoms. The maximum Gasteiger partial charge on any atom is 0.0462 e. The number of benzene rings is 8. The number of hydrogen-bond acceptors (Lipinski definition) is 3. The van der Waals surface area contributed by atoms with E-state index in [2.05, 4.69) is 216 Å². The molecule has 0 aliphatic rings. The molecule has 242 valence electrons. The van der Waals surface area contributed by atoms with Gasteiger partial charge in [0.15, 0.2) is 0 Å². The lowest BCUT2D eigenvalue weighted by atomic mass is 9.99. The largest absolute Gasteiger partial charge is 0.311 e. The highest BCUT2D eigenvalue weighted by molar-refractivity contribution is 7.26. The molecule has 0 aliphatic carbocycles. The molecule has 0 saturated heterocycles. The van der Waals surface area contributed by atoms with Crippen molar-refractivity contribution in [2.24, 2.45) is 0 Å². The second-order valence-electron chi connectivity index (χ2n) is 12.6. The summed E-state index contributed by atoms with van der Waals surface area (Å²) in [6.07, 6.45) is 0. The Morgan fingerprint density at radius 3 is 0.863 bits per heavy atom.